The number of pyridine rings is 1. The molecule has 1 aromatic heterocycles. The van der Waals surface area contributed by atoms with Crippen LogP contribution in [0.1, 0.15) is 23.7 Å². The maximum absolute atomic E-state index is 5.25. The number of hydrogen-bond donors (Lipinski definition) is 1. The number of hydrogen-bond acceptors (Lipinski definition) is 3. The maximum Gasteiger partial charge on any atom is 0.119 e. The standard InChI is InChI=1S/C17H22N2O/c1-13-7-8-16(19-11-13)12-18-14(2)9-15-5-4-6-17(10-15)20-3/h4-8,10-11,14,18H,9,12H2,1-3H3/t14-/m0/s1. The molecule has 3 heteroatoms. The Morgan fingerprint density at radius 2 is 2.10 bits per heavy atom. The Kier molecular flexibility index (Phi) is 5.13. The molecule has 0 unspecified atom stereocenters. The van der Waals surface area contributed by atoms with Gasteiger partial charge in [-0.2, -0.15) is 0 Å². The predicted molar refractivity (Wildman–Crippen MR) is 82.0 cm³/mol. The van der Waals surface area contributed by atoms with Crippen molar-refractivity contribution in [1.82, 2.24) is 10.3 Å². The van der Waals surface area contributed by atoms with Gasteiger partial charge in [-0.1, -0.05) is 18.2 Å². The third-order valence-corrected chi connectivity index (χ3v) is 3.28. The molecule has 2 rings (SSSR count). The Morgan fingerprint density at radius 3 is 2.80 bits per heavy atom. The lowest BCUT2D eigenvalue weighted by Crippen LogP contribution is -2.27. The molecular formula is C17H22N2O. The van der Waals surface area contributed by atoms with Gasteiger partial charge in [-0.25, -0.2) is 0 Å². The van der Waals surface area contributed by atoms with E-state index in [0.717, 1.165) is 24.4 Å². The number of rotatable bonds is 6. The number of methoxy groups -OCH3 is 1. The van der Waals surface area contributed by atoms with Crippen molar-refractivity contribution in [3.63, 3.8) is 0 Å². The molecule has 0 bridgehead atoms. The third-order valence-electron chi connectivity index (χ3n) is 3.28. The Balaban J connectivity index is 1.85. The van der Waals surface area contributed by atoms with Gasteiger partial charge in [0.25, 0.3) is 0 Å². The summed E-state index contributed by atoms with van der Waals surface area (Å²) in [6, 6.07) is 12.8. The molecule has 1 heterocycles. The number of nitrogens with zero attached hydrogens (tertiary/aromatic N) is 1. The summed E-state index contributed by atoms with van der Waals surface area (Å²) in [5.41, 5.74) is 3.55. The number of aryl methyl sites for hydroxylation is 1. The van der Waals surface area contributed by atoms with Crippen molar-refractivity contribution in [3.05, 3.63) is 59.4 Å². The van der Waals surface area contributed by atoms with E-state index >= 15 is 0 Å². The van der Waals surface area contributed by atoms with Gasteiger partial charge < -0.3 is 10.1 Å². The van der Waals surface area contributed by atoms with E-state index in [1.165, 1.54) is 11.1 Å². The van der Waals surface area contributed by atoms with Crippen LogP contribution < -0.4 is 10.1 Å². The van der Waals surface area contributed by atoms with Gasteiger partial charge in [-0.15, -0.1) is 0 Å². The average Bonchev–Trinajstić information content (AvgIpc) is 2.47. The summed E-state index contributed by atoms with van der Waals surface area (Å²) in [6.45, 7) is 5.04. The molecule has 3 nitrogen and oxygen atoms in total. The Bertz CT molecular complexity index is 537. The summed E-state index contributed by atoms with van der Waals surface area (Å²) in [6.07, 6.45) is 2.88. The molecule has 0 aliphatic rings. The van der Waals surface area contributed by atoms with E-state index in [1.807, 2.05) is 18.3 Å². The van der Waals surface area contributed by atoms with Gasteiger partial charge in [0.15, 0.2) is 0 Å². The van der Waals surface area contributed by atoms with Crippen LogP contribution in [0.15, 0.2) is 42.6 Å². The van der Waals surface area contributed by atoms with Crippen molar-refractivity contribution in [2.75, 3.05) is 7.11 Å². The molecule has 0 fully saturated rings. The largest absolute Gasteiger partial charge is 0.497 e. The van der Waals surface area contributed by atoms with Crippen molar-refractivity contribution in [3.8, 4) is 5.75 Å². The zero-order valence-electron chi connectivity index (χ0n) is 12.4. The van der Waals surface area contributed by atoms with E-state index in [-0.39, 0.29) is 0 Å². The molecule has 0 radical (unpaired) electrons. The molecule has 0 aliphatic heterocycles. The van der Waals surface area contributed by atoms with E-state index in [4.69, 9.17) is 4.74 Å². The third kappa shape index (κ3) is 4.35. The first kappa shape index (κ1) is 14.5. The van der Waals surface area contributed by atoms with Crippen molar-refractivity contribution in [2.24, 2.45) is 0 Å². The van der Waals surface area contributed by atoms with Crippen LogP contribution in [0.25, 0.3) is 0 Å². The quantitative estimate of drug-likeness (QED) is 0.875. The first-order valence-electron chi connectivity index (χ1n) is 6.95. The second kappa shape index (κ2) is 7.06. The fourth-order valence-corrected chi connectivity index (χ4v) is 2.11. The Labute approximate surface area is 121 Å². The van der Waals surface area contributed by atoms with Gasteiger partial charge in [0, 0.05) is 18.8 Å². The summed E-state index contributed by atoms with van der Waals surface area (Å²) < 4.78 is 5.25. The average molecular weight is 270 g/mol. The topological polar surface area (TPSA) is 34.1 Å². The van der Waals surface area contributed by atoms with E-state index in [9.17, 15) is 0 Å². The lowest BCUT2D eigenvalue weighted by atomic mass is 10.1. The van der Waals surface area contributed by atoms with Crippen molar-refractivity contribution in [2.45, 2.75) is 32.9 Å². The molecule has 0 saturated carbocycles. The second-order valence-electron chi connectivity index (χ2n) is 5.16. The van der Waals surface area contributed by atoms with Crippen LogP contribution in [0.3, 0.4) is 0 Å². The van der Waals surface area contributed by atoms with Crippen molar-refractivity contribution >= 4 is 0 Å². The predicted octanol–water partition coefficient (Wildman–Crippen LogP) is 3.12. The van der Waals surface area contributed by atoms with Crippen LogP contribution in [0.4, 0.5) is 0 Å². The minimum Gasteiger partial charge on any atom is -0.497 e. The van der Waals surface area contributed by atoms with E-state index in [0.29, 0.717) is 6.04 Å². The molecule has 0 saturated heterocycles. The Hall–Kier alpha value is -1.87. The highest BCUT2D eigenvalue weighted by Gasteiger charge is 2.04. The number of ether oxygens (including phenoxy) is 1. The second-order valence-corrected chi connectivity index (χ2v) is 5.16. The molecule has 2 aromatic rings. The van der Waals surface area contributed by atoms with Crippen LogP contribution in [0, 0.1) is 6.92 Å². The van der Waals surface area contributed by atoms with Gasteiger partial charge in [0.05, 0.1) is 12.8 Å². The van der Waals surface area contributed by atoms with E-state index in [1.54, 1.807) is 7.11 Å². The van der Waals surface area contributed by atoms with Gasteiger partial charge in [0.1, 0.15) is 5.75 Å². The SMILES string of the molecule is COc1cccc(C[C@H](C)NCc2ccc(C)cn2)c1. The fourth-order valence-electron chi connectivity index (χ4n) is 2.11. The van der Waals surface area contributed by atoms with Gasteiger partial charge >= 0.3 is 0 Å². The zero-order chi connectivity index (χ0) is 14.4. The van der Waals surface area contributed by atoms with Crippen LogP contribution in [0.5, 0.6) is 5.75 Å². The molecule has 0 amide bonds. The lowest BCUT2D eigenvalue weighted by Gasteiger charge is -2.14. The van der Waals surface area contributed by atoms with Crippen LogP contribution in [0.2, 0.25) is 0 Å². The van der Waals surface area contributed by atoms with Gasteiger partial charge in [-0.3, -0.25) is 4.98 Å². The summed E-state index contributed by atoms with van der Waals surface area (Å²) >= 11 is 0. The smallest absolute Gasteiger partial charge is 0.119 e. The first-order chi connectivity index (χ1) is 9.67. The van der Waals surface area contributed by atoms with Crippen molar-refractivity contribution in [1.29, 1.82) is 0 Å². The fraction of sp³-hybridized carbons (Fsp3) is 0.353. The molecule has 1 N–H and O–H groups in total. The maximum atomic E-state index is 5.25. The van der Waals surface area contributed by atoms with Crippen molar-refractivity contribution < 1.29 is 4.74 Å². The Morgan fingerprint density at radius 1 is 1.25 bits per heavy atom. The summed E-state index contributed by atoms with van der Waals surface area (Å²) in [4.78, 5) is 4.40. The van der Waals surface area contributed by atoms with Crippen LogP contribution in [-0.4, -0.2) is 18.1 Å². The van der Waals surface area contributed by atoms with Gasteiger partial charge in [0.2, 0.25) is 0 Å². The highest BCUT2D eigenvalue weighted by molar-refractivity contribution is 5.28. The molecule has 106 valence electrons. The molecule has 1 aromatic carbocycles. The normalized spacial score (nSPS) is 12.2. The zero-order valence-corrected chi connectivity index (χ0v) is 12.4. The molecule has 1 atom stereocenters. The van der Waals surface area contributed by atoms with E-state index < -0.39 is 0 Å². The first-order valence-corrected chi connectivity index (χ1v) is 6.95. The van der Waals surface area contributed by atoms with Crippen LogP contribution in [-0.2, 0) is 13.0 Å². The minimum absolute atomic E-state index is 0.394. The molecule has 20 heavy (non-hydrogen) atoms. The van der Waals surface area contributed by atoms with Gasteiger partial charge in [-0.05, 0) is 49.6 Å². The molecule has 0 spiro atoms. The highest BCUT2D eigenvalue weighted by Crippen LogP contribution is 2.14. The number of benzene rings is 1. The number of nitrogens with one attached hydrogen (secondary N) is 1. The monoisotopic (exact) mass is 270 g/mol. The summed E-state index contributed by atoms with van der Waals surface area (Å²) in [7, 11) is 1.70. The van der Waals surface area contributed by atoms with Crippen LogP contribution >= 0.6 is 0 Å². The minimum atomic E-state index is 0.394. The van der Waals surface area contributed by atoms with E-state index in [2.05, 4.69) is 48.4 Å². The molecular weight excluding hydrogens is 248 g/mol. The lowest BCUT2D eigenvalue weighted by molar-refractivity contribution is 0.414. The summed E-state index contributed by atoms with van der Waals surface area (Å²) in [5, 5.41) is 3.50. The molecule has 0 aliphatic carbocycles. The number of aromatic nitrogens is 1. The summed E-state index contributed by atoms with van der Waals surface area (Å²) in [5.74, 6) is 0.912. The highest BCUT2D eigenvalue weighted by atomic mass is 16.5.